The van der Waals surface area contributed by atoms with Crippen LogP contribution in [0.2, 0.25) is 0 Å². The molecule has 4 N–H and O–H groups in total. The van der Waals surface area contributed by atoms with Crippen LogP contribution in [-0.2, 0) is 21.7 Å². The maximum atomic E-state index is 12.2. The van der Waals surface area contributed by atoms with Crippen LogP contribution in [0.15, 0.2) is 180 Å². The summed E-state index contributed by atoms with van der Waals surface area (Å²) in [6, 6.07) is 63.2. The highest BCUT2D eigenvalue weighted by atomic mass is 16.3. The van der Waals surface area contributed by atoms with Crippen molar-refractivity contribution in [3.05, 3.63) is 215 Å². The average molecular weight is 1160 g/mol. The fraction of sp³-hybridized carbons (Fsp3) is 0.241. The Hall–Kier alpha value is -9.34. The number of fused-ring (bicyclic) bond motifs is 7. The van der Waals surface area contributed by atoms with E-state index in [4.69, 9.17) is 4.42 Å². The Bertz CT molecular complexity index is 4590. The van der Waals surface area contributed by atoms with E-state index in [1.54, 1.807) is 4.90 Å². The van der Waals surface area contributed by atoms with Crippen LogP contribution in [0.4, 0.5) is 51.2 Å². The van der Waals surface area contributed by atoms with Crippen molar-refractivity contribution in [3.8, 4) is 45.3 Å². The zero-order valence-electron chi connectivity index (χ0n) is 53.4. The summed E-state index contributed by atoms with van der Waals surface area (Å²) in [7, 11) is 0. The molecule has 0 saturated heterocycles. The molecule has 2 aliphatic heterocycles. The van der Waals surface area contributed by atoms with E-state index in [0.717, 1.165) is 94.9 Å². The standard InChI is InChI=1S/C79H78BN3O5/c1-45-38-52(78(10,11)12)39-46(2)69(45)83-63-37-31-51(77(7,8)9)41-61(63)80-60-35-34-55(81(54-32-29-50(30-33-54)76(4,5)6)70-73(86)71(84)47(3)72(85)74(70)87)44-64(60)82(65-42-53(79(13,14)15)43-66(83)68(65)80)62-36-28-49(40-59(62)48-22-17-16-18-23-48)56-25-21-26-58-57-24-19-20-27-67(57)88-75(56)58/h16-44,84-87H,1-15H3. The molecular weight excluding hydrogens is 1080 g/mol. The van der Waals surface area contributed by atoms with Gasteiger partial charge in [-0.15, -0.1) is 0 Å². The fourth-order valence-corrected chi connectivity index (χ4v) is 13.5. The number of furan rings is 1. The molecule has 3 heterocycles. The molecule has 0 fully saturated rings. The molecule has 0 bridgehead atoms. The van der Waals surface area contributed by atoms with Crippen LogP contribution in [-0.4, -0.2) is 27.1 Å². The quantitative estimate of drug-likeness (QED) is 0.0711. The number of rotatable bonds is 7. The third kappa shape index (κ3) is 9.35. The number of anilines is 9. The zero-order chi connectivity index (χ0) is 62.4. The molecule has 88 heavy (non-hydrogen) atoms. The van der Waals surface area contributed by atoms with Gasteiger partial charge in [-0.1, -0.05) is 198 Å². The van der Waals surface area contributed by atoms with Gasteiger partial charge in [-0.2, -0.15) is 0 Å². The number of phenolic OH excluding ortho intramolecular Hbond substituents is 4. The summed E-state index contributed by atoms with van der Waals surface area (Å²) in [4.78, 5) is 6.75. The van der Waals surface area contributed by atoms with Crippen LogP contribution in [0.5, 0.6) is 23.0 Å². The van der Waals surface area contributed by atoms with Crippen LogP contribution in [0, 0.1) is 20.8 Å². The number of hydrogen-bond donors (Lipinski definition) is 4. The highest BCUT2D eigenvalue weighted by molar-refractivity contribution is 7.00. The largest absolute Gasteiger partial charge is 0.504 e. The normalized spacial score (nSPS) is 13.3. The second-order valence-electron chi connectivity index (χ2n) is 28.6. The van der Waals surface area contributed by atoms with Crippen molar-refractivity contribution in [1.29, 1.82) is 0 Å². The fourth-order valence-electron chi connectivity index (χ4n) is 13.5. The van der Waals surface area contributed by atoms with E-state index in [9.17, 15) is 20.4 Å². The minimum absolute atomic E-state index is 0.0379. The summed E-state index contributed by atoms with van der Waals surface area (Å²) in [6.45, 7) is 32.8. The van der Waals surface area contributed by atoms with Crippen molar-refractivity contribution in [2.45, 2.75) is 126 Å². The van der Waals surface area contributed by atoms with Gasteiger partial charge in [0.2, 0.25) is 0 Å². The van der Waals surface area contributed by atoms with Gasteiger partial charge in [0.05, 0.1) is 11.4 Å². The molecule has 0 radical (unpaired) electrons. The molecule has 442 valence electrons. The first-order valence-electron chi connectivity index (χ1n) is 30.8. The first-order chi connectivity index (χ1) is 41.6. The minimum atomic E-state index is -0.564. The Labute approximate surface area is 518 Å². The molecule has 0 spiro atoms. The Morgan fingerprint density at radius 1 is 0.398 bits per heavy atom. The second kappa shape index (κ2) is 20.4. The topological polar surface area (TPSA) is 104 Å². The number of nitrogens with zero attached hydrogens (tertiary/aromatic N) is 3. The number of hydrogen-bond acceptors (Lipinski definition) is 8. The summed E-state index contributed by atoms with van der Waals surface area (Å²) in [6.07, 6.45) is 0. The lowest BCUT2D eigenvalue weighted by molar-refractivity contribution is 0.370. The molecule has 0 saturated carbocycles. The highest BCUT2D eigenvalue weighted by Crippen LogP contribution is 2.57. The predicted molar refractivity (Wildman–Crippen MR) is 369 cm³/mol. The van der Waals surface area contributed by atoms with Crippen LogP contribution in [0.1, 0.15) is 122 Å². The van der Waals surface area contributed by atoms with Gasteiger partial charge in [-0.25, -0.2) is 0 Å². The molecule has 0 atom stereocenters. The van der Waals surface area contributed by atoms with Crippen LogP contribution in [0.25, 0.3) is 44.2 Å². The lowest BCUT2D eigenvalue weighted by atomic mass is 9.33. The Morgan fingerprint density at radius 3 is 1.59 bits per heavy atom. The maximum Gasteiger partial charge on any atom is 0.252 e. The maximum absolute atomic E-state index is 12.2. The summed E-state index contributed by atoms with van der Waals surface area (Å²) in [5.74, 6) is -2.18. The van der Waals surface area contributed by atoms with Gasteiger partial charge < -0.3 is 39.5 Å². The van der Waals surface area contributed by atoms with Crippen molar-refractivity contribution in [2.24, 2.45) is 0 Å². The third-order valence-electron chi connectivity index (χ3n) is 18.5. The molecular formula is C79H78BN3O5. The van der Waals surface area contributed by atoms with Crippen molar-refractivity contribution < 1.29 is 24.8 Å². The zero-order valence-corrected chi connectivity index (χ0v) is 53.4. The number of benzene rings is 10. The molecule has 1 aromatic heterocycles. The monoisotopic (exact) mass is 1160 g/mol. The molecule has 0 aliphatic carbocycles. The molecule has 2 aliphatic rings. The van der Waals surface area contributed by atoms with Crippen molar-refractivity contribution in [2.75, 3.05) is 14.7 Å². The number of para-hydroxylation sites is 2. The van der Waals surface area contributed by atoms with Crippen molar-refractivity contribution >= 4 is 96.2 Å². The predicted octanol–water partition coefficient (Wildman–Crippen LogP) is 19.4. The summed E-state index contributed by atoms with van der Waals surface area (Å²) in [5.41, 5.74) is 22.5. The van der Waals surface area contributed by atoms with Gasteiger partial charge in [0.15, 0.2) is 23.0 Å². The lowest BCUT2D eigenvalue weighted by Crippen LogP contribution is -2.61. The van der Waals surface area contributed by atoms with E-state index in [1.165, 1.54) is 40.1 Å². The number of phenols is 4. The van der Waals surface area contributed by atoms with E-state index in [1.807, 2.05) is 30.3 Å². The van der Waals surface area contributed by atoms with Crippen LogP contribution < -0.4 is 31.1 Å². The Balaban J connectivity index is 1.17. The van der Waals surface area contributed by atoms with Crippen LogP contribution >= 0.6 is 0 Å². The van der Waals surface area contributed by atoms with E-state index in [0.29, 0.717) is 11.4 Å². The van der Waals surface area contributed by atoms with Gasteiger partial charge >= 0.3 is 0 Å². The third-order valence-corrected chi connectivity index (χ3v) is 18.5. The first kappa shape index (κ1) is 57.7. The van der Waals surface area contributed by atoms with Crippen molar-refractivity contribution in [1.82, 2.24) is 0 Å². The van der Waals surface area contributed by atoms with Gasteiger partial charge in [0, 0.05) is 61.6 Å². The SMILES string of the molecule is Cc1cc(C(C)(C)C)cc(C)c1N1c2ccc(C(C)(C)C)cc2B2c3ccc(N(c4ccc(C(C)(C)C)cc4)c4c(O)c(O)c(C)c(O)c4O)cc3N(c3ccc(-c4cccc5c4oc4ccccc45)cc3-c3ccccc3)c3cc(C(C)(C)C)cc1c32. The van der Waals surface area contributed by atoms with E-state index < -0.39 is 23.0 Å². The summed E-state index contributed by atoms with van der Waals surface area (Å²) in [5, 5.41) is 49.7. The molecule has 0 unspecified atom stereocenters. The highest BCUT2D eigenvalue weighted by Gasteiger charge is 2.46. The first-order valence-corrected chi connectivity index (χ1v) is 30.8. The second-order valence-corrected chi connectivity index (χ2v) is 28.6. The van der Waals surface area contributed by atoms with Crippen LogP contribution in [0.3, 0.4) is 0 Å². The molecule has 0 amide bonds. The Kier molecular flexibility index (Phi) is 13.4. The lowest BCUT2D eigenvalue weighted by Gasteiger charge is -2.46. The average Bonchev–Trinajstić information content (AvgIpc) is 0.826. The molecule has 11 aromatic rings. The smallest absolute Gasteiger partial charge is 0.252 e. The van der Waals surface area contributed by atoms with Gasteiger partial charge in [0.1, 0.15) is 16.9 Å². The molecule has 9 heteroatoms. The van der Waals surface area contributed by atoms with E-state index >= 15 is 0 Å². The minimum Gasteiger partial charge on any atom is -0.504 e. The van der Waals surface area contributed by atoms with Gasteiger partial charge in [0.25, 0.3) is 6.71 Å². The molecule has 13 rings (SSSR count). The number of aryl methyl sites for hydroxylation is 2. The summed E-state index contributed by atoms with van der Waals surface area (Å²) < 4.78 is 6.74. The van der Waals surface area contributed by atoms with E-state index in [-0.39, 0.29) is 39.6 Å². The van der Waals surface area contributed by atoms with Gasteiger partial charge in [-0.05, 0) is 164 Å². The molecule has 10 aromatic carbocycles. The van der Waals surface area contributed by atoms with E-state index in [2.05, 4.69) is 252 Å². The summed E-state index contributed by atoms with van der Waals surface area (Å²) >= 11 is 0. The Morgan fingerprint density at radius 2 is 0.955 bits per heavy atom. The molecule has 8 nitrogen and oxygen atoms in total. The van der Waals surface area contributed by atoms with Crippen molar-refractivity contribution in [3.63, 3.8) is 0 Å². The number of aromatic hydroxyl groups is 4. The van der Waals surface area contributed by atoms with Gasteiger partial charge in [-0.3, -0.25) is 0 Å².